The van der Waals surface area contributed by atoms with Crippen molar-refractivity contribution in [1.82, 2.24) is 19.7 Å². The second-order valence-corrected chi connectivity index (χ2v) is 4.17. The Hall–Kier alpha value is -1.91. The van der Waals surface area contributed by atoms with Crippen LogP contribution in [0, 0.1) is 0 Å². The fourth-order valence-electron chi connectivity index (χ4n) is 1.81. The monoisotopic (exact) mass is 232 g/mol. The van der Waals surface area contributed by atoms with Gasteiger partial charge in [-0.3, -0.25) is 4.98 Å². The van der Waals surface area contributed by atoms with E-state index >= 15 is 0 Å². The molecule has 0 aliphatic carbocycles. The van der Waals surface area contributed by atoms with Gasteiger partial charge in [0.1, 0.15) is 11.6 Å². The lowest BCUT2D eigenvalue weighted by atomic mass is 10.2. The van der Waals surface area contributed by atoms with E-state index in [1.54, 1.807) is 19.5 Å². The van der Waals surface area contributed by atoms with Gasteiger partial charge in [0.05, 0.1) is 18.9 Å². The number of hydrogen-bond acceptors (Lipinski definition) is 4. The topological polar surface area (TPSA) is 52.8 Å². The Balaban J connectivity index is 2.53. The fraction of sp³-hybridized carbons (Fsp3) is 0.417. The molecule has 90 valence electrons. The minimum absolute atomic E-state index is 0.342. The first-order valence-electron chi connectivity index (χ1n) is 5.52. The number of hydrogen-bond donors (Lipinski definition) is 0. The Kier molecular flexibility index (Phi) is 3.08. The van der Waals surface area contributed by atoms with E-state index in [2.05, 4.69) is 29.0 Å². The van der Waals surface area contributed by atoms with Gasteiger partial charge in [-0.25, -0.2) is 0 Å². The molecule has 0 aromatic carbocycles. The number of ether oxygens (including phenoxy) is 1. The maximum atomic E-state index is 5.28. The minimum Gasteiger partial charge on any atom is -0.494 e. The van der Waals surface area contributed by atoms with E-state index in [1.807, 2.05) is 17.7 Å². The predicted molar refractivity (Wildman–Crippen MR) is 64.9 cm³/mol. The van der Waals surface area contributed by atoms with Crippen LogP contribution < -0.4 is 4.74 Å². The number of rotatable bonds is 3. The van der Waals surface area contributed by atoms with Crippen molar-refractivity contribution in [2.75, 3.05) is 7.11 Å². The van der Waals surface area contributed by atoms with Crippen LogP contribution in [0.2, 0.25) is 0 Å². The third kappa shape index (κ3) is 2.00. The quantitative estimate of drug-likeness (QED) is 0.812. The van der Waals surface area contributed by atoms with Crippen LogP contribution >= 0.6 is 0 Å². The second-order valence-electron chi connectivity index (χ2n) is 4.17. The molecule has 2 aromatic heterocycles. The second kappa shape index (κ2) is 4.53. The van der Waals surface area contributed by atoms with E-state index < -0.39 is 0 Å². The maximum absolute atomic E-state index is 5.28. The van der Waals surface area contributed by atoms with Crippen LogP contribution in [0.3, 0.4) is 0 Å². The summed E-state index contributed by atoms with van der Waals surface area (Å²) in [7, 11) is 3.59. The molecule has 0 saturated carbocycles. The van der Waals surface area contributed by atoms with Gasteiger partial charge in [0, 0.05) is 19.2 Å². The number of aromatic nitrogens is 4. The van der Waals surface area contributed by atoms with E-state index in [9.17, 15) is 0 Å². The zero-order valence-corrected chi connectivity index (χ0v) is 10.5. The van der Waals surface area contributed by atoms with Gasteiger partial charge in [-0.2, -0.15) is 0 Å². The third-order valence-corrected chi connectivity index (χ3v) is 2.67. The van der Waals surface area contributed by atoms with Crippen molar-refractivity contribution in [1.29, 1.82) is 0 Å². The lowest BCUT2D eigenvalue weighted by Gasteiger charge is -2.08. The van der Waals surface area contributed by atoms with E-state index in [0.29, 0.717) is 11.7 Å². The van der Waals surface area contributed by atoms with Crippen molar-refractivity contribution in [2.24, 2.45) is 7.05 Å². The van der Waals surface area contributed by atoms with Crippen molar-refractivity contribution in [2.45, 2.75) is 19.8 Å². The van der Waals surface area contributed by atoms with Crippen LogP contribution in [0.15, 0.2) is 18.5 Å². The third-order valence-electron chi connectivity index (χ3n) is 2.67. The summed E-state index contributed by atoms with van der Waals surface area (Å²) < 4.78 is 7.27. The first kappa shape index (κ1) is 11.6. The van der Waals surface area contributed by atoms with Crippen molar-refractivity contribution < 1.29 is 4.74 Å². The molecule has 0 unspecified atom stereocenters. The highest BCUT2D eigenvalue weighted by Gasteiger charge is 2.16. The summed E-state index contributed by atoms with van der Waals surface area (Å²) in [6.07, 6.45) is 3.40. The number of nitrogens with zero attached hydrogens (tertiary/aromatic N) is 4. The Bertz CT molecular complexity index is 519. The summed E-state index contributed by atoms with van der Waals surface area (Å²) in [5, 5.41) is 8.43. The normalized spacial score (nSPS) is 10.9. The van der Waals surface area contributed by atoms with Crippen molar-refractivity contribution in [3.05, 3.63) is 24.3 Å². The van der Waals surface area contributed by atoms with Crippen molar-refractivity contribution >= 4 is 0 Å². The zero-order chi connectivity index (χ0) is 12.4. The van der Waals surface area contributed by atoms with Gasteiger partial charge in [0.15, 0.2) is 5.82 Å². The van der Waals surface area contributed by atoms with Crippen LogP contribution in [-0.4, -0.2) is 26.9 Å². The molecule has 0 aliphatic rings. The van der Waals surface area contributed by atoms with Crippen LogP contribution in [0.5, 0.6) is 5.75 Å². The number of methoxy groups -OCH3 is 1. The van der Waals surface area contributed by atoms with E-state index in [1.165, 1.54) is 0 Å². The van der Waals surface area contributed by atoms with Crippen molar-refractivity contribution in [3.63, 3.8) is 0 Å². The Labute approximate surface area is 100 Å². The van der Waals surface area contributed by atoms with Crippen LogP contribution in [-0.2, 0) is 7.05 Å². The van der Waals surface area contributed by atoms with Crippen LogP contribution in [0.25, 0.3) is 11.4 Å². The van der Waals surface area contributed by atoms with Crippen LogP contribution in [0.4, 0.5) is 0 Å². The molecule has 2 rings (SSSR count). The highest BCUT2D eigenvalue weighted by molar-refractivity contribution is 5.63. The molecule has 2 aromatic rings. The molecule has 0 fully saturated rings. The smallest absolute Gasteiger partial charge is 0.167 e. The van der Waals surface area contributed by atoms with Gasteiger partial charge in [0.2, 0.25) is 0 Å². The molecule has 0 saturated heterocycles. The van der Waals surface area contributed by atoms with Crippen molar-refractivity contribution in [3.8, 4) is 17.1 Å². The average Bonchev–Trinajstić information content (AvgIpc) is 2.71. The highest BCUT2D eigenvalue weighted by Crippen LogP contribution is 2.28. The van der Waals surface area contributed by atoms with Gasteiger partial charge in [0.25, 0.3) is 0 Å². The molecule has 0 aliphatic heterocycles. The molecule has 0 radical (unpaired) electrons. The van der Waals surface area contributed by atoms with E-state index in [0.717, 1.165) is 17.2 Å². The minimum atomic E-state index is 0.342. The summed E-state index contributed by atoms with van der Waals surface area (Å²) in [6, 6.07) is 1.88. The molecule has 2 heterocycles. The summed E-state index contributed by atoms with van der Waals surface area (Å²) in [4.78, 5) is 4.03. The van der Waals surface area contributed by atoms with Gasteiger partial charge < -0.3 is 9.30 Å². The lowest BCUT2D eigenvalue weighted by molar-refractivity contribution is 0.414. The first-order chi connectivity index (χ1) is 8.15. The average molecular weight is 232 g/mol. The van der Waals surface area contributed by atoms with Gasteiger partial charge in [-0.05, 0) is 6.07 Å². The van der Waals surface area contributed by atoms with Gasteiger partial charge >= 0.3 is 0 Å². The lowest BCUT2D eigenvalue weighted by Crippen LogP contribution is -2.02. The Morgan fingerprint density at radius 2 is 2.06 bits per heavy atom. The molecule has 5 nitrogen and oxygen atoms in total. The highest BCUT2D eigenvalue weighted by atomic mass is 16.5. The molecule has 17 heavy (non-hydrogen) atoms. The summed E-state index contributed by atoms with van der Waals surface area (Å²) in [6.45, 7) is 4.19. The summed E-state index contributed by atoms with van der Waals surface area (Å²) in [5.74, 6) is 2.80. The molecule has 0 N–H and O–H groups in total. The molecule has 0 atom stereocenters. The molecule has 5 heteroatoms. The fourth-order valence-corrected chi connectivity index (χ4v) is 1.81. The SMILES string of the molecule is COc1cnccc1-c1nnc(C(C)C)n1C. The summed E-state index contributed by atoms with van der Waals surface area (Å²) in [5.41, 5.74) is 0.907. The van der Waals surface area contributed by atoms with Crippen LogP contribution in [0.1, 0.15) is 25.6 Å². The standard InChI is InChI=1S/C12H16N4O/c1-8(2)11-14-15-12(16(11)3)9-5-6-13-7-10(9)17-4/h5-8H,1-4H3. The van der Waals surface area contributed by atoms with E-state index in [-0.39, 0.29) is 0 Å². The molecular formula is C12H16N4O. The Morgan fingerprint density at radius 3 is 2.65 bits per heavy atom. The Morgan fingerprint density at radius 1 is 1.29 bits per heavy atom. The largest absolute Gasteiger partial charge is 0.494 e. The number of pyridine rings is 1. The molecule has 0 spiro atoms. The van der Waals surface area contributed by atoms with E-state index in [4.69, 9.17) is 4.74 Å². The zero-order valence-electron chi connectivity index (χ0n) is 10.5. The van der Waals surface area contributed by atoms with Gasteiger partial charge in [-0.1, -0.05) is 13.8 Å². The molecule has 0 bridgehead atoms. The summed E-state index contributed by atoms with van der Waals surface area (Å²) >= 11 is 0. The molecule has 0 amide bonds. The predicted octanol–water partition coefficient (Wildman–Crippen LogP) is 2.01. The van der Waals surface area contributed by atoms with Gasteiger partial charge in [-0.15, -0.1) is 10.2 Å². The maximum Gasteiger partial charge on any atom is 0.167 e. The first-order valence-corrected chi connectivity index (χ1v) is 5.52. The molecular weight excluding hydrogens is 216 g/mol.